The molecular formula is C23H24N4OS. The van der Waals surface area contributed by atoms with Gasteiger partial charge < -0.3 is 4.90 Å². The summed E-state index contributed by atoms with van der Waals surface area (Å²) in [7, 11) is 0. The number of carbonyl (C=O) groups is 1. The van der Waals surface area contributed by atoms with Crippen molar-refractivity contribution in [1.82, 2.24) is 20.1 Å². The lowest BCUT2D eigenvalue weighted by molar-refractivity contribution is -0.128. The van der Waals surface area contributed by atoms with Crippen LogP contribution >= 0.6 is 11.8 Å². The molecule has 0 spiro atoms. The summed E-state index contributed by atoms with van der Waals surface area (Å²) in [5.41, 5.74) is 3.50. The summed E-state index contributed by atoms with van der Waals surface area (Å²) in [6, 6.07) is 20.0. The Hall–Kier alpha value is -2.73. The number of aromatic nitrogens is 3. The zero-order valence-corrected chi connectivity index (χ0v) is 17.1. The van der Waals surface area contributed by atoms with Crippen molar-refractivity contribution in [2.75, 3.05) is 18.8 Å². The molecule has 0 radical (unpaired) electrons. The maximum Gasteiger partial charge on any atom is 0.233 e. The third-order valence-electron chi connectivity index (χ3n) is 5.05. The van der Waals surface area contributed by atoms with E-state index in [1.165, 1.54) is 24.6 Å². The molecule has 0 aliphatic carbocycles. The molecular weight excluding hydrogens is 380 g/mol. The van der Waals surface area contributed by atoms with Crippen LogP contribution in [0.4, 0.5) is 0 Å². The Balaban J connectivity index is 1.56. The molecule has 6 heteroatoms. The Morgan fingerprint density at radius 2 is 1.38 bits per heavy atom. The van der Waals surface area contributed by atoms with Crippen molar-refractivity contribution in [3.63, 3.8) is 0 Å². The molecule has 29 heavy (non-hydrogen) atoms. The highest BCUT2D eigenvalue weighted by atomic mass is 32.2. The van der Waals surface area contributed by atoms with Crippen molar-refractivity contribution in [1.29, 1.82) is 0 Å². The van der Waals surface area contributed by atoms with Crippen LogP contribution in [-0.4, -0.2) is 44.8 Å². The van der Waals surface area contributed by atoms with Crippen LogP contribution in [0, 0.1) is 0 Å². The Kier molecular flexibility index (Phi) is 6.52. The summed E-state index contributed by atoms with van der Waals surface area (Å²) in [4.78, 5) is 19.3. The number of rotatable bonds is 5. The maximum absolute atomic E-state index is 12.6. The van der Waals surface area contributed by atoms with Gasteiger partial charge in [0.15, 0.2) is 0 Å². The van der Waals surface area contributed by atoms with Gasteiger partial charge in [-0.1, -0.05) is 85.3 Å². The predicted molar refractivity (Wildman–Crippen MR) is 116 cm³/mol. The van der Waals surface area contributed by atoms with Crippen LogP contribution in [0.15, 0.2) is 65.8 Å². The minimum Gasteiger partial charge on any atom is -0.342 e. The summed E-state index contributed by atoms with van der Waals surface area (Å²) in [6.45, 7) is 1.72. The van der Waals surface area contributed by atoms with Gasteiger partial charge in [-0.3, -0.25) is 4.79 Å². The van der Waals surface area contributed by atoms with Crippen molar-refractivity contribution in [2.24, 2.45) is 0 Å². The molecule has 1 amide bonds. The molecule has 0 bridgehead atoms. The highest BCUT2D eigenvalue weighted by Gasteiger charge is 2.18. The van der Waals surface area contributed by atoms with Crippen LogP contribution in [-0.2, 0) is 4.79 Å². The summed E-state index contributed by atoms with van der Waals surface area (Å²) in [6.07, 6.45) is 4.62. The van der Waals surface area contributed by atoms with E-state index in [4.69, 9.17) is 4.98 Å². The third-order valence-corrected chi connectivity index (χ3v) is 5.87. The van der Waals surface area contributed by atoms with E-state index in [9.17, 15) is 4.79 Å². The van der Waals surface area contributed by atoms with Gasteiger partial charge in [-0.15, -0.1) is 10.2 Å². The van der Waals surface area contributed by atoms with Gasteiger partial charge >= 0.3 is 0 Å². The van der Waals surface area contributed by atoms with E-state index >= 15 is 0 Å². The summed E-state index contributed by atoms with van der Waals surface area (Å²) in [5.74, 6) is 0.509. The summed E-state index contributed by atoms with van der Waals surface area (Å²) < 4.78 is 0. The van der Waals surface area contributed by atoms with E-state index in [0.29, 0.717) is 10.9 Å². The number of nitrogens with zero attached hydrogens (tertiary/aromatic N) is 4. The van der Waals surface area contributed by atoms with Crippen LogP contribution in [0.5, 0.6) is 0 Å². The van der Waals surface area contributed by atoms with Crippen LogP contribution in [0.3, 0.4) is 0 Å². The second kappa shape index (κ2) is 9.65. The van der Waals surface area contributed by atoms with E-state index in [2.05, 4.69) is 10.2 Å². The van der Waals surface area contributed by atoms with Crippen molar-refractivity contribution in [3.8, 4) is 22.5 Å². The molecule has 5 nitrogen and oxygen atoms in total. The number of benzene rings is 2. The summed E-state index contributed by atoms with van der Waals surface area (Å²) in [5, 5.41) is 9.31. The molecule has 0 unspecified atom stereocenters. The van der Waals surface area contributed by atoms with Crippen LogP contribution in [0.25, 0.3) is 22.5 Å². The number of thioether (sulfide) groups is 1. The fourth-order valence-corrected chi connectivity index (χ4v) is 4.19. The standard InChI is InChI=1S/C23H24N4OS/c28-20(27-15-9-1-2-10-16-27)17-29-23-24-21(18-11-5-3-6-12-18)22(25-26-23)19-13-7-4-8-14-19/h3-8,11-14H,1-2,9-10,15-17H2. The normalized spacial score (nSPS) is 14.4. The Labute approximate surface area is 175 Å². The number of likely N-dealkylation sites (tertiary alicyclic amines) is 1. The van der Waals surface area contributed by atoms with E-state index in [0.717, 1.165) is 48.4 Å². The molecule has 1 saturated heterocycles. The van der Waals surface area contributed by atoms with Gasteiger partial charge in [0.25, 0.3) is 0 Å². The van der Waals surface area contributed by atoms with Gasteiger partial charge in [-0.25, -0.2) is 4.98 Å². The van der Waals surface area contributed by atoms with Crippen molar-refractivity contribution >= 4 is 17.7 Å². The number of hydrogen-bond acceptors (Lipinski definition) is 5. The van der Waals surface area contributed by atoms with Gasteiger partial charge in [0.05, 0.1) is 5.75 Å². The molecule has 0 saturated carbocycles. The first kappa shape index (κ1) is 19.6. The lowest BCUT2D eigenvalue weighted by Gasteiger charge is -2.19. The fourth-order valence-electron chi connectivity index (χ4n) is 3.50. The van der Waals surface area contributed by atoms with Gasteiger partial charge in [0, 0.05) is 24.2 Å². The molecule has 3 aromatic rings. The van der Waals surface area contributed by atoms with Crippen LogP contribution in [0.2, 0.25) is 0 Å². The zero-order valence-electron chi connectivity index (χ0n) is 16.3. The second-order valence-corrected chi connectivity index (χ2v) is 8.05. The average Bonchev–Trinajstić information content (AvgIpc) is 3.08. The highest BCUT2D eigenvalue weighted by molar-refractivity contribution is 7.99. The van der Waals surface area contributed by atoms with Crippen LogP contribution < -0.4 is 0 Å². The molecule has 1 aromatic heterocycles. The van der Waals surface area contributed by atoms with E-state index in [1.54, 1.807) is 0 Å². The number of hydrogen-bond donors (Lipinski definition) is 0. The second-order valence-electron chi connectivity index (χ2n) is 7.11. The van der Waals surface area contributed by atoms with Crippen molar-refractivity contribution < 1.29 is 4.79 Å². The van der Waals surface area contributed by atoms with Crippen molar-refractivity contribution in [2.45, 2.75) is 30.8 Å². The molecule has 0 N–H and O–H groups in total. The van der Waals surface area contributed by atoms with Crippen molar-refractivity contribution in [3.05, 3.63) is 60.7 Å². The molecule has 1 fully saturated rings. The van der Waals surface area contributed by atoms with E-state index < -0.39 is 0 Å². The average molecular weight is 405 g/mol. The van der Waals surface area contributed by atoms with Gasteiger partial charge in [-0.2, -0.15) is 0 Å². The molecule has 1 aliphatic heterocycles. The first-order chi connectivity index (χ1) is 14.3. The molecule has 148 valence electrons. The van der Waals surface area contributed by atoms with Gasteiger partial charge in [0.2, 0.25) is 11.1 Å². The van der Waals surface area contributed by atoms with E-state index in [1.807, 2.05) is 65.6 Å². The van der Waals surface area contributed by atoms with Gasteiger partial charge in [0.1, 0.15) is 11.4 Å². The number of carbonyl (C=O) groups excluding carboxylic acids is 1. The predicted octanol–water partition coefficient (Wildman–Crippen LogP) is 4.70. The number of amides is 1. The van der Waals surface area contributed by atoms with Crippen LogP contribution in [0.1, 0.15) is 25.7 Å². The topological polar surface area (TPSA) is 59.0 Å². The smallest absolute Gasteiger partial charge is 0.233 e. The van der Waals surface area contributed by atoms with E-state index in [-0.39, 0.29) is 5.91 Å². The first-order valence-corrected chi connectivity index (χ1v) is 11.1. The fraction of sp³-hybridized carbons (Fsp3) is 0.304. The quantitative estimate of drug-likeness (QED) is 0.577. The lowest BCUT2D eigenvalue weighted by atomic mass is 10.0. The largest absolute Gasteiger partial charge is 0.342 e. The molecule has 2 heterocycles. The lowest BCUT2D eigenvalue weighted by Crippen LogP contribution is -2.33. The van der Waals surface area contributed by atoms with Gasteiger partial charge in [-0.05, 0) is 12.8 Å². The Morgan fingerprint density at radius 3 is 2.00 bits per heavy atom. The SMILES string of the molecule is O=C(CSc1nnc(-c2ccccc2)c(-c2ccccc2)n1)N1CCCCCC1. The molecule has 1 aliphatic rings. The molecule has 2 aromatic carbocycles. The maximum atomic E-state index is 12.6. The minimum atomic E-state index is 0.161. The Bertz CT molecular complexity index is 942. The molecule has 4 rings (SSSR count). The third kappa shape index (κ3) is 5.01. The first-order valence-electron chi connectivity index (χ1n) is 10.1. The Morgan fingerprint density at radius 1 is 0.793 bits per heavy atom. The monoisotopic (exact) mass is 404 g/mol. The molecule has 0 atom stereocenters. The zero-order chi connectivity index (χ0) is 19.9. The highest BCUT2D eigenvalue weighted by Crippen LogP contribution is 2.29. The summed E-state index contributed by atoms with van der Waals surface area (Å²) >= 11 is 1.37. The minimum absolute atomic E-state index is 0.161.